The summed E-state index contributed by atoms with van der Waals surface area (Å²) in [4.78, 5) is 11.0. The average molecular weight is 283 g/mol. The Morgan fingerprint density at radius 1 is 0.800 bits per heavy atom. The van der Waals surface area contributed by atoms with Gasteiger partial charge in [0, 0.05) is 6.42 Å². The van der Waals surface area contributed by atoms with Crippen LogP contribution in [0.2, 0.25) is 0 Å². The fraction of sp³-hybridized carbons (Fsp3) is 0.947. The van der Waals surface area contributed by atoms with E-state index in [1.807, 2.05) is 0 Å². The molecule has 0 saturated heterocycles. The zero-order chi connectivity index (χ0) is 15.4. The molecule has 0 aromatic carbocycles. The van der Waals surface area contributed by atoms with Gasteiger partial charge in [0.1, 0.15) is 5.78 Å². The molecule has 0 N–H and O–H groups in total. The molecule has 0 aliphatic carbocycles. The highest BCUT2D eigenvalue weighted by Crippen LogP contribution is 2.23. The maximum absolute atomic E-state index is 11.0. The molecule has 120 valence electrons. The third-order valence-electron chi connectivity index (χ3n) is 4.88. The van der Waals surface area contributed by atoms with Crippen molar-refractivity contribution in [1.29, 1.82) is 0 Å². The maximum atomic E-state index is 11.0. The van der Waals surface area contributed by atoms with Gasteiger partial charge in [-0.2, -0.15) is 0 Å². The summed E-state index contributed by atoms with van der Waals surface area (Å²) in [6, 6.07) is 0. The van der Waals surface area contributed by atoms with Crippen molar-refractivity contribution < 1.29 is 4.79 Å². The van der Waals surface area contributed by atoms with E-state index in [0.717, 1.165) is 30.6 Å². The van der Waals surface area contributed by atoms with Crippen LogP contribution in [0.25, 0.3) is 0 Å². The van der Waals surface area contributed by atoms with Crippen LogP contribution in [0.1, 0.15) is 98.8 Å². The highest BCUT2D eigenvalue weighted by atomic mass is 16.1. The Morgan fingerprint density at radius 2 is 1.35 bits per heavy atom. The van der Waals surface area contributed by atoms with Gasteiger partial charge in [-0.15, -0.1) is 0 Å². The molecule has 0 spiro atoms. The molecular weight excluding hydrogens is 244 g/mol. The van der Waals surface area contributed by atoms with E-state index in [0.29, 0.717) is 5.78 Å². The first-order chi connectivity index (χ1) is 9.49. The molecule has 0 fully saturated rings. The summed E-state index contributed by atoms with van der Waals surface area (Å²) in [7, 11) is 0. The number of carbonyl (C=O) groups excluding carboxylic acids is 1. The third kappa shape index (κ3) is 11.5. The molecule has 1 nitrogen and oxygen atoms in total. The van der Waals surface area contributed by atoms with Crippen LogP contribution in [0.15, 0.2) is 0 Å². The van der Waals surface area contributed by atoms with E-state index < -0.39 is 0 Å². The second-order valence-corrected chi connectivity index (χ2v) is 7.00. The van der Waals surface area contributed by atoms with E-state index in [-0.39, 0.29) is 0 Å². The van der Waals surface area contributed by atoms with E-state index in [4.69, 9.17) is 0 Å². The summed E-state index contributed by atoms with van der Waals surface area (Å²) < 4.78 is 0. The molecule has 0 saturated carbocycles. The number of rotatable bonds is 13. The minimum absolute atomic E-state index is 0.349. The van der Waals surface area contributed by atoms with Crippen molar-refractivity contribution in [3.63, 3.8) is 0 Å². The van der Waals surface area contributed by atoms with Gasteiger partial charge in [0.2, 0.25) is 0 Å². The normalized spacial score (nSPS) is 15.8. The fourth-order valence-corrected chi connectivity index (χ4v) is 2.88. The van der Waals surface area contributed by atoms with Gasteiger partial charge in [0.15, 0.2) is 0 Å². The summed E-state index contributed by atoms with van der Waals surface area (Å²) >= 11 is 0. The number of hydrogen-bond donors (Lipinski definition) is 0. The summed E-state index contributed by atoms with van der Waals surface area (Å²) in [5.41, 5.74) is 0. The van der Waals surface area contributed by atoms with Gasteiger partial charge in [0.05, 0.1) is 0 Å². The Labute approximate surface area is 127 Å². The Bertz CT molecular complexity index is 234. The molecule has 0 amide bonds. The van der Waals surface area contributed by atoms with Crippen molar-refractivity contribution in [3.05, 3.63) is 0 Å². The van der Waals surface area contributed by atoms with Crippen LogP contribution in [0.5, 0.6) is 0 Å². The minimum Gasteiger partial charge on any atom is -0.300 e. The van der Waals surface area contributed by atoms with E-state index in [9.17, 15) is 4.79 Å². The summed E-state index contributed by atoms with van der Waals surface area (Å²) in [6.45, 7) is 11.0. The van der Waals surface area contributed by atoms with Crippen molar-refractivity contribution in [2.24, 2.45) is 17.8 Å². The van der Waals surface area contributed by atoms with Gasteiger partial charge in [-0.3, -0.25) is 0 Å². The van der Waals surface area contributed by atoms with E-state index in [1.165, 1.54) is 51.4 Å². The van der Waals surface area contributed by atoms with Crippen molar-refractivity contribution in [3.8, 4) is 0 Å². The Morgan fingerprint density at radius 3 is 1.85 bits per heavy atom. The van der Waals surface area contributed by atoms with Crippen molar-refractivity contribution in [2.75, 3.05) is 0 Å². The average Bonchev–Trinajstić information content (AvgIpc) is 2.42. The molecular formula is C19H38O. The first kappa shape index (κ1) is 19.7. The molecule has 0 bridgehead atoms. The van der Waals surface area contributed by atoms with Crippen molar-refractivity contribution in [2.45, 2.75) is 98.8 Å². The predicted octanol–water partition coefficient (Wildman–Crippen LogP) is 6.40. The standard InChI is InChI=1S/C19H38O/c1-6-16(3)10-8-11-17(4)12-9-13-19(7-2)15-14-18(5)20/h16-17,19H,6-15H2,1-5H3. The number of ketones is 1. The van der Waals surface area contributed by atoms with Crippen LogP contribution < -0.4 is 0 Å². The largest absolute Gasteiger partial charge is 0.300 e. The van der Waals surface area contributed by atoms with E-state index >= 15 is 0 Å². The van der Waals surface area contributed by atoms with Gasteiger partial charge in [-0.25, -0.2) is 0 Å². The highest BCUT2D eigenvalue weighted by Gasteiger charge is 2.09. The Balaban J connectivity index is 3.62. The second kappa shape index (κ2) is 12.4. The summed E-state index contributed by atoms with van der Waals surface area (Å²) in [6.07, 6.45) is 12.7. The molecule has 0 aromatic rings. The van der Waals surface area contributed by atoms with E-state index in [1.54, 1.807) is 6.92 Å². The van der Waals surface area contributed by atoms with E-state index in [2.05, 4.69) is 27.7 Å². The molecule has 1 heteroatoms. The van der Waals surface area contributed by atoms with Gasteiger partial charge in [-0.1, -0.05) is 79.1 Å². The molecule has 0 rings (SSSR count). The molecule has 20 heavy (non-hydrogen) atoms. The molecule has 0 aromatic heterocycles. The second-order valence-electron chi connectivity index (χ2n) is 7.00. The smallest absolute Gasteiger partial charge is 0.129 e. The van der Waals surface area contributed by atoms with Crippen LogP contribution in [0, 0.1) is 17.8 Å². The predicted molar refractivity (Wildman–Crippen MR) is 90.0 cm³/mol. The number of Topliss-reactive ketones (excluding diaryl/α,β-unsaturated/α-hetero) is 1. The van der Waals surface area contributed by atoms with Gasteiger partial charge < -0.3 is 4.79 Å². The van der Waals surface area contributed by atoms with Crippen LogP contribution in [-0.4, -0.2) is 5.78 Å². The lowest BCUT2D eigenvalue weighted by atomic mass is 9.89. The monoisotopic (exact) mass is 282 g/mol. The van der Waals surface area contributed by atoms with Gasteiger partial charge >= 0.3 is 0 Å². The SMILES string of the molecule is CCC(C)CCCC(C)CCCC(CC)CCC(C)=O. The van der Waals surface area contributed by atoms with Crippen molar-refractivity contribution in [1.82, 2.24) is 0 Å². The van der Waals surface area contributed by atoms with Gasteiger partial charge in [0.25, 0.3) is 0 Å². The Hall–Kier alpha value is -0.330. The third-order valence-corrected chi connectivity index (χ3v) is 4.88. The number of hydrogen-bond acceptors (Lipinski definition) is 1. The molecule has 0 aliphatic heterocycles. The zero-order valence-electron chi connectivity index (χ0n) is 14.7. The maximum Gasteiger partial charge on any atom is 0.129 e. The lowest BCUT2D eigenvalue weighted by Crippen LogP contribution is -2.04. The molecule has 3 unspecified atom stereocenters. The quantitative estimate of drug-likeness (QED) is 0.382. The molecule has 0 radical (unpaired) electrons. The van der Waals surface area contributed by atoms with Crippen LogP contribution in [-0.2, 0) is 4.79 Å². The summed E-state index contributed by atoms with van der Waals surface area (Å²) in [5, 5.41) is 0. The lowest BCUT2D eigenvalue weighted by molar-refractivity contribution is -0.117. The van der Waals surface area contributed by atoms with Crippen LogP contribution in [0.3, 0.4) is 0 Å². The molecule has 0 heterocycles. The molecule has 0 aliphatic rings. The number of carbonyl (C=O) groups is 1. The summed E-state index contributed by atoms with van der Waals surface area (Å²) in [5.74, 6) is 2.90. The first-order valence-corrected chi connectivity index (χ1v) is 8.98. The fourth-order valence-electron chi connectivity index (χ4n) is 2.88. The minimum atomic E-state index is 0.349. The lowest BCUT2D eigenvalue weighted by Gasteiger charge is -2.16. The Kier molecular flexibility index (Phi) is 12.2. The van der Waals surface area contributed by atoms with Gasteiger partial charge in [-0.05, 0) is 31.1 Å². The van der Waals surface area contributed by atoms with Crippen LogP contribution >= 0.6 is 0 Å². The van der Waals surface area contributed by atoms with Crippen LogP contribution in [0.4, 0.5) is 0 Å². The van der Waals surface area contributed by atoms with Crippen molar-refractivity contribution >= 4 is 5.78 Å². The zero-order valence-corrected chi connectivity index (χ0v) is 14.7. The highest BCUT2D eigenvalue weighted by molar-refractivity contribution is 5.75. The molecule has 3 atom stereocenters. The topological polar surface area (TPSA) is 17.1 Å². The first-order valence-electron chi connectivity index (χ1n) is 8.98.